The summed E-state index contributed by atoms with van der Waals surface area (Å²) >= 11 is 0. The standard InChI is InChI=1S/C26H30N4O2/c31-25(29-19-7-17-27-23-9-3-1-4-10-23)21-13-15-22(16-14-21)26(32)30-20-8-18-28-24-11-5-2-6-12-24/h1-6,9-16,27-28H,7-8,17-20H2,(H,29,31)(H,30,32). The predicted octanol–water partition coefficient (Wildman–Crippen LogP) is 4.15. The highest BCUT2D eigenvalue weighted by atomic mass is 16.2. The molecule has 0 unspecified atom stereocenters. The van der Waals surface area contributed by atoms with Crippen molar-refractivity contribution in [3.63, 3.8) is 0 Å². The number of amides is 2. The molecule has 0 atom stereocenters. The smallest absolute Gasteiger partial charge is 0.251 e. The molecule has 0 bridgehead atoms. The first-order valence-corrected chi connectivity index (χ1v) is 11.0. The number of benzene rings is 3. The van der Waals surface area contributed by atoms with Gasteiger partial charge in [0, 0.05) is 48.7 Å². The molecule has 0 fully saturated rings. The van der Waals surface area contributed by atoms with E-state index in [1.54, 1.807) is 24.3 Å². The zero-order valence-corrected chi connectivity index (χ0v) is 18.1. The highest BCUT2D eigenvalue weighted by molar-refractivity contribution is 5.97. The third kappa shape index (κ3) is 7.80. The molecule has 0 aliphatic heterocycles. The Labute approximate surface area is 189 Å². The van der Waals surface area contributed by atoms with Gasteiger partial charge in [-0.05, 0) is 61.4 Å². The fourth-order valence-electron chi connectivity index (χ4n) is 3.14. The first-order valence-electron chi connectivity index (χ1n) is 11.0. The van der Waals surface area contributed by atoms with Crippen molar-refractivity contribution in [3.05, 3.63) is 96.1 Å². The Morgan fingerprint density at radius 1 is 0.500 bits per heavy atom. The van der Waals surface area contributed by atoms with Crippen molar-refractivity contribution in [3.8, 4) is 0 Å². The van der Waals surface area contributed by atoms with Crippen LogP contribution in [0, 0.1) is 0 Å². The average molecular weight is 431 g/mol. The number of para-hydroxylation sites is 2. The summed E-state index contributed by atoms with van der Waals surface area (Å²) in [6, 6.07) is 26.7. The quantitative estimate of drug-likeness (QED) is 0.325. The highest BCUT2D eigenvalue weighted by Gasteiger charge is 2.08. The van der Waals surface area contributed by atoms with E-state index in [1.807, 2.05) is 60.7 Å². The lowest BCUT2D eigenvalue weighted by molar-refractivity contribution is 0.0941. The van der Waals surface area contributed by atoms with E-state index >= 15 is 0 Å². The lowest BCUT2D eigenvalue weighted by Gasteiger charge is -2.09. The van der Waals surface area contributed by atoms with Crippen molar-refractivity contribution in [2.75, 3.05) is 36.8 Å². The van der Waals surface area contributed by atoms with Gasteiger partial charge in [0.05, 0.1) is 0 Å². The minimum Gasteiger partial charge on any atom is -0.385 e. The van der Waals surface area contributed by atoms with E-state index in [1.165, 1.54) is 0 Å². The van der Waals surface area contributed by atoms with E-state index in [-0.39, 0.29) is 11.8 Å². The lowest BCUT2D eigenvalue weighted by Crippen LogP contribution is -2.27. The van der Waals surface area contributed by atoms with Gasteiger partial charge in [-0.3, -0.25) is 9.59 Å². The topological polar surface area (TPSA) is 82.3 Å². The molecule has 0 heterocycles. The average Bonchev–Trinajstić information content (AvgIpc) is 2.85. The van der Waals surface area contributed by atoms with Gasteiger partial charge in [0.2, 0.25) is 0 Å². The molecule has 3 aromatic rings. The van der Waals surface area contributed by atoms with Crippen LogP contribution in [0.4, 0.5) is 11.4 Å². The van der Waals surface area contributed by atoms with Gasteiger partial charge in [0.1, 0.15) is 0 Å². The second kappa shape index (κ2) is 12.8. The molecule has 4 N–H and O–H groups in total. The van der Waals surface area contributed by atoms with Gasteiger partial charge >= 0.3 is 0 Å². The molecule has 6 heteroatoms. The van der Waals surface area contributed by atoms with Gasteiger partial charge in [-0.15, -0.1) is 0 Å². The van der Waals surface area contributed by atoms with Crippen molar-refractivity contribution >= 4 is 23.2 Å². The van der Waals surface area contributed by atoms with Gasteiger partial charge in [-0.25, -0.2) is 0 Å². The summed E-state index contributed by atoms with van der Waals surface area (Å²) in [5.41, 5.74) is 3.23. The van der Waals surface area contributed by atoms with Crippen molar-refractivity contribution < 1.29 is 9.59 Å². The van der Waals surface area contributed by atoms with Crippen LogP contribution in [-0.4, -0.2) is 38.0 Å². The molecule has 0 aliphatic rings. The van der Waals surface area contributed by atoms with Crippen LogP contribution in [0.5, 0.6) is 0 Å². The Balaban J connectivity index is 1.30. The molecule has 32 heavy (non-hydrogen) atoms. The normalized spacial score (nSPS) is 10.2. The Hall–Kier alpha value is -3.80. The Bertz CT molecular complexity index is 880. The van der Waals surface area contributed by atoms with E-state index in [2.05, 4.69) is 21.3 Å². The molecule has 6 nitrogen and oxygen atoms in total. The van der Waals surface area contributed by atoms with Crippen LogP contribution in [0.3, 0.4) is 0 Å². The maximum atomic E-state index is 12.3. The minimum absolute atomic E-state index is 0.136. The SMILES string of the molecule is O=C(NCCCNc1ccccc1)c1ccc(C(=O)NCCCNc2ccccc2)cc1. The van der Waals surface area contributed by atoms with Crippen LogP contribution < -0.4 is 21.3 Å². The second-order valence-electron chi connectivity index (χ2n) is 7.38. The second-order valence-corrected chi connectivity index (χ2v) is 7.38. The number of nitrogens with one attached hydrogen (secondary N) is 4. The number of anilines is 2. The first kappa shape index (κ1) is 22.9. The number of hydrogen-bond acceptors (Lipinski definition) is 4. The maximum Gasteiger partial charge on any atom is 0.251 e. The van der Waals surface area contributed by atoms with Crippen molar-refractivity contribution in [1.29, 1.82) is 0 Å². The van der Waals surface area contributed by atoms with E-state index in [0.717, 1.165) is 37.3 Å². The minimum atomic E-state index is -0.136. The zero-order valence-electron chi connectivity index (χ0n) is 18.1. The summed E-state index contributed by atoms with van der Waals surface area (Å²) in [4.78, 5) is 24.6. The summed E-state index contributed by atoms with van der Waals surface area (Å²) in [6.45, 7) is 2.73. The van der Waals surface area contributed by atoms with Crippen molar-refractivity contribution in [2.45, 2.75) is 12.8 Å². The van der Waals surface area contributed by atoms with E-state index in [4.69, 9.17) is 0 Å². The molecule has 0 aliphatic carbocycles. The number of hydrogen-bond donors (Lipinski definition) is 4. The predicted molar refractivity (Wildman–Crippen MR) is 130 cm³/mol. The summed E-state index contributed by atoms with van der Waals surface area (Å²) in [7, 11) is 0. The number of rotatable bonds is 12. The third-order valence-electron chi connectivity index (χ3n) is 4.89. The van der Waals surface area contributed by atoms with Crippen molar-refractivity contribution in [2.24, 2.45) is 0 Å². The lowest BCUT2D eigenvalue weighted by atomic mass is 10.1. The molecule has 3 rings (SSSR count). The van der Waals surface area contributed by atoms with Crippen LogP contribution in [0.25, 0.3) is 0 Å². The van der Waals surface area contributed by atoms with Crippen LogP contribution in [0.1, 0.15) is 33.6 Å². The van der Waals surface area contributed by atoms with Gasteiger partial charge < -0.3 is 21.3 Å². The van der Waals surface area contributed by atoms with Crippen LogP contribution in [0.2, 0.25) is 0 Å². The summed E-state index contributed by atoms with van der Waals surface area (Å²) < 4.78 is 0. The molecular weight excluding hydrogens is 400 g/mol. The molecule has 3 aromatic carbocycles. The largest absolute Gasteiger partial charge is 0.385 e. The van der Waals surface area contributed by atoms with Crippen LogP contribution in [-0.2, 0) is 0 Å². The van der Waals surface area contributed by atoms with Gasteiger partial charge in [-0.1, -0.05) is 36.4 Å². The monoisotopic (exact) mass is 430 g/mol. The van der Waals surface area contributed by atoms with Gasteiger partial charge in [0.15, 0.2) is 0 Å². The van der Waals surface area contributed by atoms with Crippen LogP contribution in [0.15, 0.2) is 84.9 Å². The molecule has 166 valence electrons. The molecule has 2 amide bonds. The molecule has 0 radical (unpaired) electrons. The van der Waals surface area contributed by atoms with E-state index < -0.39 is 0 Å². The maximum absolute atomic E-state index is 12.3. The first-order chi connectivity index (χ1) is 15.7. The molecule has 0 aromatic heterocycles. The molecule has 0 spiro atoms. The molecule has 0 saturated carbocycles. The van der Waals surface area contributed by atoms with Crippen molar-refractivity contribution in [1.82, 2.24) is 10.6 Å². The summed E-state index contributed by atoms with van der Waals surface area (Å²) in [5, 5.41) is 12.4. The fourth-order valence-corrected chi connectivity index (χ4v) is 3.14. The van der Waals surface area contributed by atoms with E-state index in [9.17, 15) is 9.59 Å². The molecule has 0 saturated heterocycles. The highest BCUT2D eigenvalue weighted by Crippen LogP contribution is 2.07. The fraction of sp³-hybridized carbons (Fsp3) is 0.231. The van der Waals surface area contributed by atoms with Gasteiger partial charge in [0.25, 0.3) is 11.8 Å². The zero-order chi connectivity index (χ0) is 22.4. The Morgan fingerprint density at radius 2 is 0.875 bits per heavy atom. The van der Waals surface area contributed by atoms with Crippen LogP contribution >= 0.6 is 0 Å². The Morgan fingerprint density at radius 3 is 1.25 bits per heavy atom. The van der Waals surface area contributed by atoms with E-state index in [0.29, 0.717) is 24.2 Å². The number of carbonyl (C=O) groups excluding carboxylic acids is 2. The third-order valence-corrected chi connectivity index (χ3v) is 4.89. The molecular formula is C26H30N4O2. The van der Waals surface area contributed by atoms with Gasteiger partial charge in [-0.2, -0.15) is 0 Å². The summed E-state index contributed by atoms with van der Waals surface area (Å²) in [5.74, 6) is -0.271. The Kier molecular flexibility index (Phi) is 9.15. The summed E-state index contributed by atoms with van der Waals surface area (Å²) in [6.07, 6.45) is 1.64. The number of carbonyl (C=O) groups is 2.